The van der Waals surface area contributed by atoms with Crippen LogP contribution in [0.25, 0.3) is 0 Å². The third-order valence-electron chi connectivity index (χ3n) is 3.88. The minimum Gasteiger partial charge on any atom is -0.351 e. The van der Waals surface area contributed by atoms with Crippen molar-refractivity contribution in [3.8, 4) is 0 Å². The number of alkyl halides is 3. The number of piperazine rings is 1. The van der Waals surface area contributed by atoms with Gasteiger partial charge in [-0.15, -0.1) is 0 Å². The van der Waals surface area contributed by atoms with Crippen molar-refractivity contribution in [3.05, 3.63) is 23.4 Å². The molecular formula is C13H16F3N3. The van der Waals surface area contributed by atoms with Crippen LogP contribution >= 0.6 is 0 Å². The van der Waals surface area contributed by atoms with E-state index in [9.17, 15) is 13.2 Å². The van der Waals surface area contributed by atoms with E-state index in [0.29, 0.717) is 12.5 Å². The zero-order valence-electron chi connectivity index (χ0n) is 10.5. The van der Waals surface area contributed by atoms with E-state index in [2.05, 4.69) is 15.2 Å². The Morgan fingerprint density at radius 1 is 1.37 bits per heavy atom. The van der Waals surface area contributed by atoms with Crippen molar-refractivity contribution >= 4 is 5.82 Å². The predicted octanol–water partition coefficient (Wildman–Crippen LogP) is 2.21. The van der Waals surface area contributed by atoms with Crippen molar-refractivity contribution in [1.29, 1.82) is 0 Å². The third-order valence-corrected chi connectivity index (χ3v) is 3.88. The van der Waals surface area contributed by atoms with Gasteiger partial charge in [0.2, 0.25) is 0 Å². The fraction of sp³-hybridized carbons (Fsp3) is 0.615. The molecule has 1 N–H and O–H groups in total. The summed E-state index contributed by atoms with van der Waals surface area (Å²) in [7, 11) is 0. The van der Waals surface area contributed by atoms with Crippen LogP contribution < -0.4 is 10.2 Å². The number of aromatic nitrogens is 1. The molecule has 19 heavy (non-hydrogen) atoms. The second kappa shape index (κ2) is 4.67. The minimum absolute atomic E-state index is 0.360. The van der Waals surface area contributed by atoms with Crippen LogP contribution in [-0.2, 0) is 12.6 Å². The summed E-state index contributed by atoms with van der Waals surface area (Å²) in [6.07, 6.45) is -0.747. The van der Waals surface area contributed by atoms with Gasteiger partial charge in [-0.2, -0.15) is 13.2 Å². The average molecular weight is 271 g/mol. The quantitative estimate of drug-likeness (QED) is 0.784. The first-order valence-corrected chi connectivity index (χ1v) is 6.59. The maximum atomic E-state index is 12.7. The molecule has 0 saturated carbocycles. The van der Waals surface area contributed by atoms with Gasteiger partial charge in [0, 0.05) is 31.9 Å². The molecule has 1 atom stereocenters. The van der Waals surface area contributed by atoms with Gasteiger partial charge in [-0.25, -0.2) is 4.98 Å². The molecule has 0 spiro atoms. The Morgan fingerprint density at radius 2 is 2.21 bits per heavy atom. The Labute approximate surface area is 109 Å². The number of hydrogen-bond acceptors (Lipinski definition) is 3. The van der Waals surface area contributed by atoms with E-state index in [1.54, 1.807) is 0 Å². The average Bonchev–Trinajstić information content (AvgIpc) is 2.56. The molecule has 104 valence electrons. The molecular weight excluding hydrogens is 255 g/mol. The number of fused-ring (bicyclic) bond motifs is 3. The summed E-state index contributed by atoms with van der Waals surface area (Å²) in [5, 5.41) is 3.33. The Hall–Kier alpha value is -1.30. The topological polar surface area (TPSA) is 28.2 Å². The Morgan fingerprint density at radius 3 is 3.00 bits per heavy atom. The summed E-state index contributed by atoms with van der Waals surface area (Å²) in [6, 6.07) is 1.63. The molecule has 0 unspecified atom stereocenters. The Bertz CT molecular complexity index is 473. The van der Waals surface area contributed by atoms with Crippen LogP contribution in [0.15, 0.2) is 12.3 Å². The molecule has 0 aliphatic carbocycles. The van der Waals surface area contributed by atoms with E-state index in [1.807, 2.05) is 0 Å². The molecule has 0 amide bonds. The zero-order chi connectivity index (χ0) is 13.5. The third kappa shape index (κ3) is 2.41. The maximum Gasteiger partial charge on any atom is 0.417 e. The maximum absolute atomic E-state index is 12.7. The lowest BCUT2D eigenvalue weighted by atomic mass is 10.1. The summed E-state index contributed by atoms with van der Waals surface area (Å²) in [4.78, 5) is 6.27. The highest BCUT2D eigenvalue weighted by molar-refractivity contribution is 5.51. The standard InChI is InChI=1S/C13H16F3N3/c14-13(15,16)10-6-9-2-1-3-11-8-17-4-5-19(11)12(9)18-7-10/h6-7,11,17H,1-5,8H2/t11-/m0/s1. The number of hydrogen-bond donors (Lipinski definition) is 1. The summed E-state index contributed by atoms with van der Waals surface area (Å²) >= 11 is 0. The van der Waals surface area contributed by atoms with Gasteiger partial charge in [0.15, 0.2) is 0 Å². The minimum atomic E-state index is -4.31. The molecule has 1 aromatic heterocycles. The predicted molar refractivity (Wildman–Crippen MR) is 66.2 cm³/mol. The normalized spacial score (nSPS) is 23.5. The van der Waals surface area contributed by atoms with E-state index in [4.69, 9.17) is 0 Å². The molecule has 2 aliphatic rings. The van der Waals surface area contributed by atoms with Gasteiger partial charge in [-0.1, -0.05) is 0 Å². The van der Waals surface area contributed by atoms with Crippen molar-refractivity contribution in [2.24, 2.45) is 0 Å². The van der Waals surface area contributed by atoms with Gasteiger partial charge in [-0.05, 0) is 30.9 Å². The smallest absolute Gasteiger partial charge is 0.351 e. The summed E-state index contributed by atoms with van der Waals surface area (Å²) in [5.41, 5.74) is 0.0964. The van der Waals surface area contributed by atoms with Crippen LogP contribution in [0.3, 0.4) is 0 Å². The van der Waals surface area contributed by atoms with Crippen LogP contribution in [-0.4, -0.2) is 30.7 Å². The number of nitrogens with one attached hydrogen (secondary N) is 1. The zero-order valence-corrected chi connectivity index (χ0v) is 10.5. The van der Waals surface area contributed by atoms with E-state index in [0.717, 1.165) is 50.1 Å². The molecule has 0 bridgehead atoms. The van der Waals surface area contributed by atoms with E-state index >= 15 is 0 Å². The van der Waals surface area contributed by atoms with Gasteiger partial charge < -0.3 is 10.2 Å². The van der Waals surface area contributed by atoms with Crippen molar-refractivity contribution < 1.29 is 13.2 Å². The van der Waals surface area contributed by atoms with E-state index in [1.165, 1.54) is 6.07 Å². The summed E-state index contributed by atoms with van der Waals surface area (Å²) in [6.45, 7) is 2.57. The van der Waals surface area contributed by atoms with E-state index in [-0.39, 0.29) is 0 Å². The molecule has 1 aromatic rings. The second-order valence-electron chi connectivity index (χ2n) is 5.15. The number of rotatable bonds is 0. The van der Waals surface area contributed by atoms with Crippen molar-refractivity contribution in [2.75, 3.05) is 24.5 Å². The highest BCUT2D eigenvalue weighted by Crippen LogP contribution is 2.34. The number of pyridine rings is 1. The molecule has 1 saturated heterocycles. The summed E-state index contributed by atoms with van der Waals surface area (Å²) < 4.78 is 38.2. The van der Waals surface area contributed by atoms with Gasteiger partial charge in [0.1, 0.15) is 5.82 Å². The molecule has 1 fully saturated rings. The van der Waals surface area contributed by atoms with Crippen molar-refractivity contribution in [3.63, 3.8) is 0 Å². The Kier molecular flexibility index (Phi) is 3.12. The number of aryl methyl sites for hydroxylation is 1. The SMILES string of the molecule is FC(F)(F)c1cnc2c(c1)CCC[C@H]1CNCCN21. The summed E-state index contributed by atoms with van der Waals surface area (Å²) in [5.74, 6) is 0.747. The van der Waals surface area contributed by atoms with E-state index < -0.39 is 11.7 Å². The lowest BCUT2D eigenvalue weighted by molar-refractivity contribution is -0.137. The lowest BCUT2D eigenvalue weighted by Gasteiger charge is -2.36. The fourth-order valence-electron chi connectivity index (χ4n) is 2.93. The van der Waals surface area contributed by atoms with Crippen LogP contribution in [0.2, 0.25) is 0 Å². The number of halogens is 3. The molecule has 0 radical (unpaired) electrons. The molecule has 2 aliphatic heterocycles. The monoisotopic (exact) mass is 271 g/mol. The van der Waals surface area contributed by atoms with Gasteiger partial charge in [-0.3, -0.25) is 0 Å². The highest BCUT2D eigenvalue weighted by Gasteiger charge is 2.34. The molecule has 3 heterocycles. The molecule has 3 rings (SSSR count). The molecule has 3 nitrogen and oxygen atoms in total. The van der Waals surface area contributed by atoms with Crippen molar-refractivity contribution in [2.45, 2.75) is 31.5 Å². The van der Waals surface area contributed by atoms with Crippen LogP contribution in [0.4, 0.5) is 19.0 Å². The van der Waals surface area contributed by atoms with Gasteiger partial charge in [0.25, 0.3) is 0 Å². The fourth-order valence-corrected chi connectivity index (χ4v) is 2.93. The number of anilines is 1. The van der Waals surface area contributed by atoms with Crippen LogP contribution in [0, 0.1) is 0 Å². The second-order valence-corrected chi connectivity index (χ2v) is 5.15. The van der Waals surface area contributed by atoms with Crippen molar-refractivity contribution in [1.82, 2.24) is 10.3 Å². The van der Waals surface area contributed by atoms with Gasteiger partial charge >= 0.3 is 6.18 Å². The highest BCUT2D eigenvalue weighted by atomic mass is 19.4. The largest absolute Gasteiger partial charge is 0.417 e. The lowest BCUT2D eigenvalue weighted by Crippen LogP contribution is -2.51. The molecule has 0 aromatic carbocycles. The first-order chi connectivity index (χ1) is 9.05. The van der Waals surface area contributed by atoms with Crippen LogP contribution in [0.5, 0.6) is 0 Å². The molecule has 6 heteroatoms. The van der Waals surface area contributed by atoms with Crippen LogP contribution in [0.1, 0.15) is 24.0 Å². The first-order valence-electron chi connectivity index (χ1n) is 6.59. The number of nitrogens with zero attached hydrogens (tertiary/aromatic N) is 2. The Balaban J connectivity index is 1.99. The first kappa shape index (κ1) is 12.7. The van der Waals surface area contributed by atoms with Gasteiger partial charge in [0.05, 0.1) is 5.56 Å².